The lowest BCUT2D eigenvalue weighted by Gasteiger charge is -2.18. The molecule has 0 aromatic carbocycles. The molecule has 2 aliphatic carbocycles. The van der Waals surface area contributed by atoms with Crippen molar-refractivity contribution in [1.29, 1.82) is 0 Å². The van der Waals surface area contributed by atoms with Crippen molar-refractivity contribution in [2.45, 2.75) is 44.2 Å². The van der Waals surface area contributed by atoms with Crippen LogP contribution in [-0.4, -0.2) is 24.0 Å². The van der Waals surface area contributed by atoms with E-state index in [0.717, 1.165) is 18.3 Å². The van der Waals surface area contributed by atoms with Gasteiger partial charge in [0.25, 0.3) is 0 Å². The summed E-state index contributed by atoms with van der Waals surface area (Å²) in [5.74, 6) is 2.77. The number of hydrogen-bond donors (Lipinski definition) is 1. The molecule has 0 unspecified atom stereocenters. The maximum Gasteiger partial charge on any atom is 0.183 e. The van der Waals surface area contributed by atoms with Crippen LogP contribution in [0.15, 0.2) is 0 Å². The fourth-order valence-corrected chi connectivity index (χ4v) is 3.14. The summed E-state index contributed by atoms with van der Waals surface area (Å²) in [4.78, 5) is 11.9. The van der Waals surface area contributed by atoms with Crippen LogP contribution >= 0.6 is 0 Å². The molecule has 1 heterocycles. The Labute approximate surface area is 90.4 Å². The van der Waals surface area contributed by atoms with E-state index in [2.05, 4.69) is 0 Å². The van der Waals surface area contributed by atoms with E-state index in [1.165, 1.54) is 19.3 Å². The number of epoxide rings is 1. The third kappa shape index (κ3) is 1.72. The summed E-state index contributed by atoms with van der Waals surface area (Å²) in [6.45, 7) is 2.41. The molecule has 84 valence electrons. The first kappa shape index (κ1) is 9.79. The van der Waals surface area contributed by atoms with Gasteiger partial charge in [-0.3, -0.25) is 4.79 Å². The average molecular weight is 209 g/mol. The standard InChI is InChI=1S/C12H19NO2/c1-12(6-15-12)11(14)10(13)4-7-2-8-5-9(8)3-7/h7-10H,2-6,13H2,1H3/t7-,8+,9-,10-,12+/m0/s1. The molecule has 3 rings (SSSR count). The van der Waals surface area contributed by atoms with Crippen molar-refractivity contribution in [3.05, 3.63) is 0 Å². The third-order valence-corrected chi connectivity index (χ3v) is 4.36. The van der Waals surface area contributed by atoms with Gasteiger partial charge < -0.3 is 10.5 Å². The Hall–Kier alpha value is -0.410. The summed E-state index contributed by atoms with van der Waals surface area (Å²) in [5.41, 5.74) is 5.43. The maximum absolute atomic E-state index is 11.9. The highest BCUT2D eigenvalue weighted by Gasteiger charge is 2.51. The zero-order valence-corrected chi connectivity index (χ0v) is 9.24. The summed E-state index contributed by atoms with van der Waals surface area (Å²) in [5, 5.41) is 0. The summed E-state index contributed by atoms with van der Waals surface area (Å²) >= 11 is 0. The van der Waals surface area contributed by atoms with E-state index in [4.69, 9.17) is 10.5 Å². The van der Waals surface area contributed by atoms with Gasteiger partial charge in [0.05, 0.1) is 12.6 Å². The van der Waals surface area contributed by atoms with Gasteiger partial charge in [-0.05, 0) is 50.4 Å². The van der Waals surface area contributed by atoms with E-state index in [0.29, 0.717) is 12.5 Å². The average Bonchev–Trinajstić information content (AvgIpc) is 3.08. The summed E-state index contributed by atoms with van der Waals surface area (Å²) in [6.07, 6.45) is 4.93. The Balaban J connectivity index is 1.52. The Bertz CT molecular complexity index is 288. The molecule has 0 aromatic rings. The predicted molar refractivity (Wildman–Crippen MR) is 56.3 cm³/mol. The second kappa shape index (κ2) is 3.05. The lowest BCUT2D eigenvalue weighted by atomic mass is 9.90. The number of fused-ring (bicyclic) bond motifs is 1. The zero-order valence-electron chi connectivity index (χ0n) is 9.24. The molecular weight excluding hydrogens is 190 g/mol. The quantitative estimate of drug-likeness (QED) is 0.706. The molecule has 3 fully saturated rings. The van der Waals surface area contributed by atoms with Crippen LogP contribution in [0.25, 0.3) is 0 Å². The van der Waals surface area contributed by atoms with Crippen molar-refractivity contribution >= 4 is 5.78 Å². The van der Waals surface area contributed by atoms with E-state index in [-0.39, 0.29) is 11.8 Å². The first-order chi connectivity index (χ1) is 7.08. The highest BCUT2D eigenvalue weighted by Crippen LogP contribution is 2.55. The Morgan fingerprint density at radius 3 is 2.60 bits per heavy atom. The molecular formula is C12H19NO2. The first-order valence-corrected chi connectivity index (χ1v) is 6.02. The molecule has 0 radical (unpaired) electrons. The molecule has 3 nitrogen and oxygen atoms in total. The second-order valence-electron chi connectivity index (χ2n) is 5.82. The van der Waals surface area contributed by atoms with E-state index >= 15 is 0 Å². The molecule has 5 atom stereocenters. The largest absolute Gasteiger partial charge is 0.362 e. The van der Waals surface area contributed by atoms with Crippen LogP contribution < -0.4 is 5.73 Å². The molecule has 2 saturated carbocycles. The van der Waals surface area contributed by atoms with Gasteiger partial charge in [0, 0.05) is 0 Å². The molecule has 0 bridgehead atoms. The number of Topliss-reactive ketones (excluding diaryl/α,β-unsaturated/α-hetero) is 1. The van der Waals surface area contributed by atoms with E-state index in [1.807, 2.05) is 6.92 Å². The van der Waals surface area contributed by atoms with E-state index in [1.54, 1.807) is 0 Å². The number of rotatable bonds is 4. The van der Waals surface area contributed by atoms with E-state index in [9.17, 15) is 4.79 Å². The molecule has 0 spiro atoms. The van der Waals surface area contributed by atoms with Gasteiger partial charge in [-0.25, -0.2) is 0 Å². The normalized spacial score (nSPS) is 48.5. The summed E-state index contributed by atoms with van der Waals surface area (Å²) in [6, 6.07) is -0.292. The lowest BCUT2D eigenvalue weighted by Crippen LogP contribution is -2.40. The fourth-order valence-electron chi connectivity index (χ4n) is 3.14. The zero-order chi connectivity index (χ0) is 10.6. The van der Waals surface area contributed by atoms with E-state index < -0.39 is 5.60 Å². The van der Waals surface area contributed by atoms with Crippen LogP contribution in [0.2, 0.25) is 0 Å². The second-order valence-corrected chi connectivity index (χ2v) is 5.82. The molecule has 0 amide bonds. The number of carbonyl (C=O) groups excluding carboxylic acids is 1. The van der Waals surface area contributed by atoms with Crippen LogP contribution in [-0.2, 0) is 9.53 Å². The van der Waals surface area contributed by atoms with Crippen LogP contribution in [0.3, 0.4) is 0 Å². The molecule has 15 heavy (non-hydrogen) atoms. The van der Waals surface area contributed by atoms with Gasteiger partial charge in [-0.15, -0.1) is 0 Å². The van der Waals surface area contributed by atoms with Crippen LogP contribution in [0.4, 0.5) is 0 Å². The number of hydrogen-bond acceptors (Lipinski definition) is 3. The lowest BCUT2D eigenvalue weighted by molar-refractivity contribution is -0.125. The molecule has 3 heteroatoms. The van der Waals surface area contributed by atoms with Gasteiger partial charge in [-0.2, -0.15) is 0 Å². The minimum Gasteiger partial charge on any atom is -0.362 e. The molecule has 1 saturated heterocycles. The van der Waals surface area contributed by atoms with Crippen molar-refractivity contribution in [3.8, 4) is 0 Å². The van der Waals surface area contributed by atoms with Crippen molar-refractivity contribution in [2.24, 2.45) is 23.5 Å². The molecule has 1 aliphatic heterocycles. The summed E-state index contributed by atoms with van der Waals surface area (Å²) in [7, 11) is 0. The minimum atomic E-state index is -0.527. The first-order valence-electron chi connectivity index (χ1n) is 6.02. The topological polar surface area (TPSA) is 55.6 Å². The number of ether oxygens (including phenoxy) is 1. The molecule has 2 N–H and O–H groups in total. The van der Waals surface area contributed by atoms with Crippen molar-refractivity contribution in [3.63, 3.8) is 0 Å². The smallest absolute Gasteiger partial charge is 0.183 e. The van der Waals surface area contributed by atoms with Gasteiger partial charge in [-0.1, -0.05) is 0 Å². The van der Waals surface area contributed by atoms with Gasteiger partial charge in [0.1, 0.15) is 5.60 Å². The van der Waals surface area contributed by atoms with Crippen molar-refractivity contribution < 1.29 is 9.53 Å². The van der Waals surface area contributed by atoms with Crippen LogP contribution in [0.5, 0.6) is 0 Å². The highest BCUT2D eigenvalue weighted by molar-refractivity contribution is 5.93. The molecule has 0 aromatic heterocycles. The number of carbonyl (C=O) groups is 1. The summed E-state index contributed by atoms with van der Waals surface area (Å²) < 4.78 is 5.14. The number of nitrogens with two attached hydrogens (primary N) is 1. The third-order valence-electron chi connectivity index (χ3n) is 4.36. The van der Waals surface area contributed by atoms with Crippen LogP contribution in [0, 0.1) is 17.8 Å². The van der Waals surface area contributed by atoms with Gasteiger partial charge in [0.2, 0.25) is 0 Å². The number of ketones is 1. The van der Waals surface area contributed by atoms with Gasteiger partial charge >= 0.3 is 0 Å². The Morgan fingerprint density at radius 2 is 2.07 bits per heavy atom. The van der Waals surface area contributed by atoms with Crippen LogP contribution in [0.1, 0.15) is 32.6 Å². The van der Waals surface area contributed by atoms with Crippen molar-refractivity contribution in [1.82, 2.24) is 0 Å². The SMILES string of the molecule is C[C@]1(C(=O)[C@@H](N)C[C@H]2C[C@@H]3C[C@@H]3C2)CO1. The maximum atomic E-state index is 11.9. The Kier molecular flexibility index (Phi) is 1.99. The predicted octanol–water partition coefficient (Wildman–Crippen LogP) is 1.11. The Morgan fingerprint density at radius 1 is 1.47 bits per heavy atom. The highest BCUT2D eigenvalue weighted by atomic mass is 16.6. The van der Waals surface area contributed by atoms with Crippen molar-refractivity contribution in [2.75, 3.05) is 6.61 Å². The molecule has 3 aliphatic rings. The monoisotopic (exact) mass is 209 g/mol. The van der Waals surface area contributed by atoms with Gasteiger partial charge in [0.15, 0.2) is 5.78 Å². The fraction of sp³-hybridized carbons (Fsp3) is 0.917. The minimum absolute atomic E-state index is 0.114.